The summed E-state index contributed by atoms with van der Waals surface area (Å²) >= 11 is 0. The third kappa shape index (κ3) is 2.66. The summed E-state index contributed by atoms with van der Waals surface area (Å²) in [5, 5.41) is 2.91. The minimum atomic E-state index is 0.0470. The molecule has 1 aliphatic carbocycles. The van der Waals surface area contributed by atoms with E-state index in [9.17, 15) is 4.79 Å². The topological polar surface area (TPSA) is 38.3 Å². The number of benzene rings is 1. The molecule has 0 heterocycles. The normalized spacial score (nSPS) is 19.2. The largest absolute Gasteiger partial charge is 0.497 e. The highest BCUT2D eigenvalue weighted by atomic mass is 16.5. The standard InChI is InChI=1S/C15H21NO2/c1-10(9-16-11(2)17)14-7-5-12-4-6-13(18-3)8-15(12)14/h4,6,8,10,14H,5,7,9H2,1-3H3,(H,16,17)/t10-,14+/m0/s1. The van der Waals surface area contributed by atoms with Crippen LogP contribution in [0.25, 0.3) is 0 Å². The molecule has 3 heteroatoms. The Morgan fingerprint density at radius 1 is 1.56 bits per heavy atom. The maximum atomic E-state index is 11.0. The van der Waals surface area contributed by atoms with E-state index in [0.717, 1.165) is 18.7 Å². The van der Waals surface area contributed by atoms with E-state index < -0.39 is 0 Å². The average molecular weight is 247 g/mol. The highest BCUT2D eigenvalue weighted by Crippen LogP contribution is 2.39. The molecule has 0 fully saturated rings. The van der Waals surface area contributed by atoms with Gasteiger partial charge in [-0.05, 0) is 47.9 Å². The summed E-state index contributed by atoms with van der Waals surface area (Å²) in [6.45, 7) is 4.52. The van der Waals surface area contributed by atoms with E-state index in [0.29, 0.717) is 11.8 Å². The van der Waals surface area contributed by atoms with Crippen LogP contribution >= 0.6 is 0 Å². The molecule has 0 spiro atoms. The molecule has 98 valence electrons. The van der Waals surface area contributed by atoms with E-state index in [4.69, 9.17) is 4.74 Å². The van der Waals surface area contributed by atoms with Crippen LogP contribution in [-0.2, 0) is 11.2 Å². The van der Waals surface area contributed by atoms with Gasteiger partial charge in [0, 0.05) is 13.5 Å². The van der Waals surface area contributed by atoms with Gasteiger partial charge in [0.1, 0.15) is 5.75 Å². The van der Waals surface area contributed by atoms with Gasteiger partial charge in [-0.25, -0.2) is 0 Å². The van der Waals surface area contributed by atoms with Crippen molar-refractivity contribution in [3.63, 3.8) is 0 Å². The van der Waals surface area contributed by atoms with Gasteiger partial charge >= 0.3 is 0 Å². The minimum Gasteiger partial charge on any atom is -0.497 e. The Labute approximate surface area is 109 Å². The lowest BCUT2D eigenvalue weighted by Crippen LogP contribution is -2.28. The Morgan fingerprint density at radius 3 is 3.00 bits per heavy atom. The second-order valence-corrected chi connectivity index (χ2v) is 5.12. The number of nitrogens with one attached hydrogen (secondary N) is 1. The smallest absolute Gasteiger partial charge is 0.216 e. The molecule has 0 aliphatic heterocycles. The summed E-state index contributed by atoms with van der Waals surface area (Å²) < 4.78 is 5.30. The Morgan fingerprint density at radius 2 is 2.33 bits per heavy atom. The Kier molecular flexibility index (Phi) is 3.90. The van der Waals surface area contributed by atoms with Crippen molar-refractivity contribution in [1.82, 2.24) is 5.32 Å². The highest BCUT2D eigenvalue weighted by molar-refractivity contribution is 5.72. The van der Waals surface area contributed by atoms with Crippen molar-refractivity contribution >= 4 is 5.91 Å². The fourth-order valence-corrected chi connectivity index (χ4v) is 2.78. The molecule has 2 rings (SSSR count). The van der Waals surface area contributed by atoms with Crippen molar-refractivity contribution < 1.29 is 9.53 Å². The number of amides is 1. The fraction of sp³-hybridized carbons (Fsp3) is 0.533. The summed E-state index contributed by atoms with van der Waals surface area (Å²) in [6, 6.07) is 6.34. The van der Waals surface area contributed by atoms with Gasteiger partial charge in [0.05, 0.1) is 7.11 Å². The van der Waals surface area contributed by atoms with Crippen molar-refractivity contribution in [3.8, 4) is 5.75 Å². The van der Waals surface area contributed by atoms with Crippen LogP contribution in [0.15, 0.2) is 18.2 Å². The van der Waals surface area contributed by atoms with Crippen LogP contribution in [0.1, 0.15) is 37.3 Å². The van der Waals surface area contributed by atoms with Crippen LogP contribution in [0.2, 0.25) is 0 Å². The molecule has 3 nitrogen and oxygen atoms in total. The monoisotopic (exact) mass is 247 g/mol. The van der Waals surface area contributed by atoms with Crippen LogP contribution < -0.4 is 10.1 Å². The zero-order valence-electron chi connectivity index (χ0n) is 11.3. The Hall–Kier alpha value is -1.51. The number of aryl methyl sites for hydroxylation is 1. The Balaban J connectivity index is 2.12. The maximum absolute atomic E-state index is 11.0. The van der Waals surface area contributed by atoms with Crippen LogP contribution in [0, 0.1) is 5.92 Å². The van der Waals surface area contributed by atoms with E-state index in [1.54, 1.807) is 14.0 Å². The lowest BCUT2D eigenvalue weighted by Gasteiger charge is -2.20. The fourth-order valence-electron chi connectivity index (χ4n) is 2.78. The first-order valence-electron chi connectivity index (χ1n) is 6.53. The number of rotatable bonds is 4. The van der Waals surface area contributed by atoms with Crippen LogP contribution in [-0.4, -0.2) is 19.6 Å². The first-order valence-corrected chi connectivity index (χ1v) is 6.53. The molecule has 1 aliphatic rings. The number of hydrogen-bond donors (Lipinski definition) is 1. The molecule has 18 heavy (non-hydrogen) atoms. The van der Waals surface area contributed by atoms with Gasteiger partial charge < -0.3 is 10.1 Å². The number of methoxy groups -OCH3 is 1. The molecule has 0 unspecified atom stereocenters. The van der Waals surface area contributed by atoms with Crippen LogP contribution in [0.3, 0.4) is 0 Å². The van der Waals surface area contributed by atoms with E-state index in [-0.39, 0.29) is 5.91 Å². The molecule has 2 atom stereocenters. The van der Waals surface area contributed by atoms with E-state index in [1.807, 2.05) is 6.07 Å². The van der Waals surface area contributed by atoms with Gasteiger partial charge in [-0.3, -0.25) is 4.79 Å². The number of carbonyl (C=O) groups is 1. The third-order valence-electron chi connectivity index (χ3n) is 3.84. The van der Waals surface area contributed by atoms with Crippen molar-refractivity contribution in [2.45, 2.75) is 32.6 Å². The highest BCUT2D eigenvalue weighted by Gasteiger charge is 2.27. The molecular formula is C15H21NO2. The third-order valence-corrected chi connectivity index (χ3v) is 3.84. The van der Waals surface area contributed by atoms with Gasteiger partial charge in [-0.1, -0.05) is 13.0 Å². The zero-order chi connectivity index (χ0) is 13.1. The van der Waals surface area contributed by atoms with Gasteiger partial charge in [-0.2, -0.15) is 0 Å². The van der Waals surface area contributed by atoms with Gasteiger partial charge in [0.15, 0.2) is 0 Å². The van der Waals surface area contributed by atoms with Crippen LogP contribution in [0.4, 0.5) is 0 Å². The first kappa shape index (κ1) is 12.9. The van der Waals surface area contributed by atoms with Crippen LogP contribution in [0.5, 0.6) is 5.75 Å². The van der Waals surface area contributed by atoms with E-state index >= 15 is 0 Å². The number of hydrogen-bond acceptors (Lipinski definition) is 2. The van der Waals surface area contributed by atoms with Crippen molar-refractivity contribution in [2.75, 3.05) is 13.7 Å². The zero-order valence-corrected chi connectivity index (χ0v) is 11.3. The van der Waals surface area contributed by atoms with Crippen molar-refractivity contribution in [2.24, 2.45) is 5.92 Å². The molecule has 0 saturated heterocycles. The minimum absolute atomic E-state index is 0.0470. The van der Waals surface area contributed by atoms with E-state index in [1.165, 1.54) is 17.5 Å². The molecule has 0 aromatic heterocycles. The first-order chi connectivity index (χ1) is 8.61. The maximum Gasteiger partial charge on any atom is 0.216 e. The second-order valence-electron chi connectivity index (χ2n) is 5.12. The predicted molar refractivity (Wildman–Crippen MR) is 71.9 cm³/mol. The second kappa shape index (κ2) is 5.42. The quantitative estimate of drug-likeness (QED) is 0.887. The molecule has 0 bridgehead atoms. The number of fused-ring (bicyclic) bond motifs is 1. The Bertz CT molecular complexity index is 442. The van der Waals surface area contributed by atoms with Crippen molar-refractivity contribution in [3.05, 3.63) is 29.3 Å². The number of ether oxygens (including phenoxy) is 1. The summed E-state index contributed by atoms with van der Waals surface area (Å²) in [5.41, 5.74) is 2.82. The van der Waals surface area contributed by atoms with Crippen molar-refractivity contribution in [1.29, 1.82) is 0 Å². The number of carbonyl (C=O) groups excluding carboxylic acids is 1. The van der Waals surface area contributed by atoms with E-state index in [2.05, 4.69) is 24.4 Å². The van der Waals surface area contributed by atoms with Gasteiger partial charge in [0.25, 0.3) is 0 Å². The SMILES string of the molecule is COc1ccc2c(c1)[C@@H]([C@@H](C)CNC(C)=O)CC2. The lowest BCUT2D eigenvalue weighted by atomic mass is 9.88. The summed E-state index contributed by atoms with van der Waals surface area (Å²) in [6.07, 6.45) is 2.30. The lowest BCUT2D eigenvalue weighted by molar-refractivity contribution is -0.119. The molecule has 0 radical (unpaired) electrons. The van der Waals surface area contributed by atoms with Gasteiger partial charge in [0.2, 0.25) is 5.91 Å². The molecule has 1 N–H and O–H groups in total. The molecule has 0 saturated carbocycles. The van der Waals surface area contributed by atoms with Gasteiger partial charge in [-0.15, -0.1) is 0 Å². The molecule has 1 aromatic carbocycles. The molecular weight excluding hydrogens is 226 g/mol. The average Bonchev–Trinajstić information content (AvgIpc) is 2.78. The summed E-state index contributed by atoms with van der Waals surface area (Å²) in [5.74, 6) is 1.96. The summed E-state index contributed by atoms with van der Waals surface area (Å²) in [4.78, 5) is 11.0. The molecule has 1 amide bonds. The predicted octanol–water partition coefficient (Wildman–Crippen LogP) is 2.50. The molecule has 1 aromatic rings. The summed E-state index contributed by atoms with van der Waals surface area (Å²) in [7, 11) is 1.70.